The summed E-state index contributed by atoms with van der Waals surface area (Å²) in [6, 6.07) is 11.8. The second-order valence-electron chi connectivity index (χ2n) is 5.25. The van der Waals surface area contributed by atoms with E-state index in [9.17, 15) is 9.59 Å². The number of pyridine rings is 1. The van der Waals surface area contributed by atoms with Crippen molar-refractivity contribution in [2.24, 2.45) is 0 Å². The highest BCUT2D eigenvalue weighted by Gasteiger charge is 2.28. The molecule has 1 aromatic carbocycles. The fourth-order valence-corrected chi connectivity index (χ4v) is 2.99. The molecule has 122 valence electrons. The van der Waals surface area contributed by atoms with Crippen molar-refractivity contribution in [3.63, 3.8) is 0 Å². The van der Waals surface area contributed by atoms with Crippen LogP contribution in [0.3, 0.4) is 0 Å². The first kappa shape index (κ1) is 15.3. The number of allylic oxidation sites excluding steroid dienone is 1. The molecule has 3 aromatic rings. The molecule has 0 saturated heterocycles. The van der Waals surface area contributed by atoms with Gasteiger partial charge in [-0.25, -0.2) is 4.79 Å². The molecule has 4 rings (SSSR count). The third-order valence-corrected chi connectivity index (χ3v) is 4.41. The van der Waals surface area contributed by atoms with Crippen molar-refractivity contribution in [3.05, 3.63) is 82.0 Å². The molecule has 0 saturated carbocycles. The SMILES string of the molecule is O=C(Oc1ccc2c(c1)O/C(=C\c1cccnc1)C2=O)c1cccs1. The summed E-state index contributed by atoms with van der Waals surface area (Å²) >= 11 is 1.30. The Bertz CT molecular complexity index is 978. The van der Waals surface area contributed by atoms with Crippen LogP contribution in [0.1, 0.15) is 25.6 Å². The minimum absolute atomic E-state index is 0.213. The number of fused-ring (bicyclic) bond motifs is 1. The first-order valence-electron chi connectivity index (χ1n) is 7.45. The Hall–Kier alpha value is -3.25. The van der Waals surface area contributed by atoms with Gasteiger partial charge in [-0.05, 0) is 41.3 Å². The van der Waals surface area contributed by atoms with Gasteiger partial charge in [0.15, 0.2) is 5.76 Å². The molecule has 0 spiro atoms. The second-order valence-corrected chi connectivity index (χ2v) is 6.20. The Labute approximate surface area is 147 Å². The van der Waals surface area contributed by atoms with E-state index >= 15 is 0 Å². The van der Waals surface area contributed by atoms with Gasteiger partial charge in [-0.3, -0.25) is 9.78 Å². The smallest absolute Gasteiger partial charge is 0.353 e. The van der Waals surface area contributed by atoms with Gasteiger partial charge in [0.05, 0.1) is 5.56 Å². The highest BCUT2D eigenvalue weighted by atomic mass is 32.1. The molecule has 0 aliphatic carbocycles. The quantitative estimate of drug-likeness (QED) is 0.406. The van der Waals surface area contributed by atoms with Crippen molar-refractivity contribution in [2.75, 3.05) is 0 Å². The van der Waals surface area contributed by atoms with Gasteiger partial charge in [0.25, 0.3) is 0 Å². The summed E-state index contributed by atoms with van der Waals surface area (Å²) < 4.78 is 11.0. The first-order valence-corrected chi connectivity index (χ1v) is 8.33. The Morgan fingerprint density at radius 3 is 2.88 bits per heavy atom. The number of ether oxygens (including phenoxy) is 2. The average Bonchev–Trinajstić information content (AvgIpc) is 3.25. The zero-order valence-electron chi connectivity index (χ0n) is 12.8. The van der Waals surface area contributed by atoms with E-state index in [1.165, 1.54) is 11.3 Å². The number of rotatable bonds is 3. The molecule has 0 radical (unpaired) electrons. The molecule has 5 nitrogen and oxygen atoms in total. The lowest BCUT2D eigenvalue weighted by molar-refractivity contribution is 0.0739. The number of ketones is 1. The molecule has 0 atom stereocenters. The van der Waals surface area contributed by atoms with Crippen LogP contribution in [0.25, 0.3) is 6.08 Å². The van der Waals surface area contributed by atoms with Crippen LogP contribution >= 0.6 is 11.3 Å². The van der Waals surface area contributed by atoms with Crippen molar-refractivity contribution < 1.29 is 19.1 Å². The van der Waals surface area contributed by atoms with Crippen LogP contribution in [0, 0.1) is 0 Å². The molecular formula is C19H11NO4S. The first-order chi connectivity index (χ1) is 12.2. The van der Waals surface area contributed by atoms with Crippen molar-refractivity contribution >= 4 is 29.2 Å². The van der Waals surface area contributed by atoms with E-state index in [-0.39, 0.29) is 11.5 Å². The standard InChI is InChI=1S/C19H11NO4S/c21-18-14-6-5-13(23-19(22)17-4-2-8-25-17)10-15(14)24-16(18)9-12-3-1-7-20-11-12/h1-11H/b16-9-. The summed E-state index contributed by atoms with van der Waals surface area (Å²) in [6.07, 6.45) is 4.93. The minimum Gasteiger partial charge on any atom is -0.452 e. The van der Waals surface area contributed by atoms with Gasteiger partial charge in [0.2, 0.25) is 5.78 Å². The van der Waals surface area contributed by atoms with E-state index in [0.717, 1.165) is 5.56 Å². The number of carbonyl (C=O) groups excluding carboxylic acids is 2. The maximum atomic E-state index is 12.4. The number of aromatic nitrogens is 1. The molecule has 25 heavy (non-hydrogen) atoms. The largest absolute Gasteiger partial charge is 0.452 e. The summed E-state index contributed by atoms with van der Waals surface area (Å²) in [5.74, 6) is 0.259. The number of hydrogen-bond donors (Lipinski definition) is 0. The van der Waals surface area contributed by atoms with Gasteiger partial charge in [-0.2, -0.15) is 0 Å². The Morgan fingerprint density at radius 1 is 1.20 bits per heavy atom. The van der Waals surface area contributed by atoms with Crippen molar-refractivity contribution in [2.45, 2.75) is 0 Å². The number of thiophene rings is 1. The van der Waals surface area contributed by atoms with E-state index in [1.54, 1.807) is 60.2 Å². The topological polar surface area (TPSA) is 65.5 Å². The van der Waals surface area contributed by atoms with Crippen LogP contribution in [-0.2, 0) is 0 Å². The number of hydrogen-bond acceptors (Lipinski definition) is 6. The molecular weight excluding hydrogens is 338 g/mol. The van der Waals surface area contributed by atoms with E-state index < -0.39 is 5.97 Å². The van der Waals surface area contributed by atoms with Gasteiger partial charge in [-0.1, -0.05) is 12.1 Å². The molecule has 0 N–H and O–H groups in total. The van der Waals surface area contributed by atoms with Gasteiger partial charge in [-0.15, -0.1) is 11.3 Å². The molecule has 1 aliphatic rings. The summed E-state index contributed by atoms with van der Waals surface area (Å²) in [7, 11) is 0. The number of carbonyl (C=O) groups is 2. The van der Waals surface area contributed by atoms with Gasteiger partial charge in [0, 0.05) is 18.5 Å². The maximum absolute atomic E-state index is 12.4. The molecule has 0 amide bonds. The highest BCUT2D eigenvalue weighted by molar-refractivity contribution is 7.12. The maximum Gasteiger partial charge on any atom is 0.353 e. The van der Waals surface area contributed by atoms with Crippen LogP contribution in [-0.4, -0.2) is 16.7 Å². The third kappa shape index (κ3) is 3.07. The highest BCUT2D eigenvalue weighted by Crippen LogP contribution is 2.35. The molecule has 3 heterocycles. The number of benzene rings is 1. The number of Topliss-reactive ketones (excluding diaryl/α,β-unsaturated/α-hetero) is 1. The zero-order chi connectivity index (χ0) is 17.2. The summed E-state index contributed by atoms with van der Waals surface area (Å²) in [5, 5.41) is 1.80. The van der Waals surface area contributed by atoms with Crippen LogP contribution in [0.15, 0.2) is 66.0 Å². The average molecular weight is 349 g/mol. The fraction of sp³-hybridized carbons (Fsp3) is 0. The monoisotopic (exact) mass is 349 g/mol. The third-order valence-electron chi connectivity index (χ3n) is 3.56. The van der Waals surface area contributed by atoms with Gasteiger partial charge < -0.3 is 9.47 Å². The van der Waals surface area contributed by atoms with Crippen LogP contribution in [0.4, 0.5) is 0 Å². The summed E-state index contributed by atoms with van der Waals surface area (Å²) in [4.78, 5) is 28.9. The van der Waals surface area contributed by atoms with Crippen LogP contribution < -0.4 is 9.47 Å². The normalized spacial score (nSPS) is 14.2. The fourth-order valence-electron chi connectivity index (χ4n) is 2.40. The summed E-state index contributed by atoms with van der Waals surface area (Å²) in [6.45, 7) is 0. The lowest BCUT2D eigenvalue weighted by Crippen LogP contribution is -2.06. The Balaban J connectivity index is 1.57. The molecule has 6 heteroatoms. The van der Waals surface area contributed by atoms with Crippen LogP contribution in [0.5, 0.6) is 11.5 Å². The minimum atomic E-state index is -0.439. The van der Waals surface area contributed by atoms with Gasteiger partial charge in [0.1, 0.15) is 16.4 Å². The molecule has 0 fully saturated rings. The van der Waals surface area contributed by atoms with E-state index in [0.29, 0.717) is 21.9 Å². The van der Waals surface area contributed by atoms with Gasteiger partial charge >= 0.3 is 5.97 Å². The van der Waals surface area contributed by atoms with Crippen molar-refractivity contribution in [1.82, 2.24) is 4.98 Å². The predicted molar refractivity (Wildman–Crippen MR) is 92.9 cm³/mol. The number of nitrogens with zero attached hydrogens (tertiary/aromatic N) is 1. The molecule has 0 unspecified atom stereocenters. The second kappa shape index (κ2) is 6.33. The van der Waals surface area contributed by atoms with Crippen LogP contribution in [0.2, 0.25) is 0 Å². The zero-order valence-corrected chi connectivity index (χ0v) is 13.7. The lowest BCUT2D eigenvalue weighted by Gasteiger charge is -2.04. The Morgan fingerprint density at radius 2 is 2.12 bits per heavy atom. The lowest BCUT2D eigenvalue weighted by atomic mass is 10.1. The van der Waals surface area contributed by atoms with Crippen molar-refractivity contribution in [1.29, 1.82) is 0 Å². The summed E-state index contributed by atoms with van der Waals surface area (Å²) in [5.41, 5.74) is 1.20. The number of esters is 1. The molecule has 2 aromatic heterocycles. The van der Waals surface area contributed by atoms with Crippen molar-refractivity contribution in [3.8, 4) is 11.5 Å². The van der Waals surface area contributed by atoms with E-state index in [4.69, 9.17) is 9.47 Å². The van der Waals surface area contributed by atoms with E-state index in [2.05, 4.69) is 4.98 Å². The van der Waals surface area contributed by atoms with E-state index in [1.807, 2.05) is 6.07 Å². The molecule has 1 aliphatic heterocycles. The Kier molecular flexibility index (Phi) is 3.87. The predicted octanol–water partition coefficient (Wildman–Crippen LogP) is 3.98. The molecule has 0 bridgehead atoms.